The number of hydrogen-bond acceptors (Lipinski definition) is 3. The van der Waals surface area contributed by atoms with Gasteiger partial charge in [-0.3, -0.25) is 4.79 Å². The van der Waals surface area contributed by atoms with E-state index in [1.54, 1.807) is 55.5 Å². The van der Waals surface area contributed by atoms with E-state index in [0.29, 0.717) is 21.9 Å². The Labute approximate surface area is 122 Å². The quantitative estimate of drug-likeness (QED) is 0.802. The van der Waals surface area contributed by atoms with Gasteiger partial charge in [-0.15, -0.1) is 0 Å². The van der Waals surface area contributed by atoms with Crippen molar-refractivity contribution in [3.8, 4) is 11.8 Å². The summed E-state index contributed by atoms with van der Waals surface area (Å²) in [5, 5.41) is 9.34. The Morgan fingerprint density at radius 3 is 2.70 bits per heavy atom. The highest BCUT2D eigenvalue weighted by molar-refractivity contribution is 6.31. The van der Waals surface area contributed by atoms with Crippen LogP contribution < -0.4 is 4.74 Å². The lowest BCUT2D eigenvalue weighted by atomic mass is 10.1. The van der Waals surface area contributed by atoms with Crippen LogP contribution in [0, 0.1) is 11.3 Å². The number of nitrogens with zero attached hydrogens (tertiary/aromatic N) is 1. The standard InChI is InChI=1S/C16H12ClNO2/c1-11(16(19)13-5-3-6-14(17)9-13)20-15-7-2-4-12(8-15)10-18/h2-9,11H,1H3. The Hall–Kier alpha value is -2.31. The average molecular weight is 286 g/mol. The van der Waals surface area contributed by atoms with Gasteiger partial charge < -0.3 is 4.74 Å². The molecule has 1 atom stereocenters. The van der Waals surface area contributed by atoms with Crippen LogP contribution in [0.1, 0.15) is 22.8 Å². The molecule has 20 heavy (non-hydrogen) atoms. The summed E-state index contributed by atoms with van der Waals surface area (Å²) < 4.78 is 5.57. The minimum atomic E-state index is -0.651. The Balaban J connectivity index is 2.13. The third-order valence-electron chi connectivity index (χ3n) is 2.75. The molecule has 0 radical (unpaired) electrons. The fourth-order valence-electron chi connectivity index (χ4n) is 1.77. The van der Waals surface area contributed by atoms with E-state index in [2.05, 4.69) is 0 Å². The fourth-order valence-corrected chi connectivity index (χ4v) is 1.96. The average Bonchev–Trinajstić information content (AvgIpc) is 2.46. The Bertz CT molecular complexity index is 676. The fraction of sp³-hybridized carbons (Fsp3) is 0.125. The topological polar surface area (TPSA) is 50.1 Å². The van der Waals surface area contributed by atoms with Gasteiger partial charge in [0.25, 0.3) is 0 Å². The van der Waals surface area contributed by atoms with Gasteiger partial charge >= 0.3 is 0 Å². The summed E-state index contributed by atoms with van der Waals surface area (Å²) in [7, 11) is 0. The molecular weight excluding hydrogens is 274 g/mol. The predicted molar refractivity (Wildman–Crippen MR) is 77.0 cm³/mol. The van der Waals surface area contributed by atoms with Crippen LogP contribution in [0.4, 0.5) is 0 Å². The van der Waals surface area contributed by atoms with E-state index in [-0.39, 0.29) is 5.78 Å². The first kappa shape index (κ1) is 14.1. The van der Waals surface area contributed by atoms with E-state index in [1.165, 1.54) is 0 Å². The summed E-state index contributed by atoms with van der Waals surface area (Å²) in [6.45, 7) is 1.67. The summed E-state index contributed by atoms with van der Waals surface area (Å²) in [6.07, 6.45) is -0.651. The number of hydrogen-bond donors (Lipinski definition) is 0. The minimum absolute atomic E-state index is 0.158. The predicted octanol–water partition coefficient (Wildman–Crippen LogP) is 3.86. The summed E-state index contributed by atoms with van der Waals surface area (Å²) in [4.78, 5) is 12.2. The molecule has 0 aliphatic carbocycles. The molecule has 0 heterocycles. The number of rotatable bonds is 4. The molecule has 4 heteroatoms. The smallest absolute Gasteiger partial charge is 0.203 e. The third-order valence-corrected chi connectivity index (χ3v) is 2.99. The van der Waals surface area contributed by atoms with E-state index in [1.807, 2.05) is 6.07 Å². The van der Waals surface area contributed by atoms with Crippen molar-refractivity contribution in [3.05, 3.63) is 64.7 Å². The molecule has 0 aliphatic rings. The van der Waals surface area contributed by atoms with Gasteiger partial charge in [0, 0.05) is 10.6 Å². The van der Waals surface area contributed by atoms with Crippen molar-refractivity contribution < 1.29 is 9.53 Å². The summed E-state index contributed by atoms with van der Waals surface area (Å²) in [5.74, 6) is 0.335. The largest absolute Gasteiger partial charge is 0.483 e. The zero-order valence-electron chi connectivity index (χ0n) is 10.8. The van der Waals surface area contributed by atoms with Crippen molar-refractivity contribution in [1.82, 2.24) is 0 Å². The molecule has 3 nitrogen and oxygen atoms in total. The molecule has 2 rings (SSSR count). The van der Waals surface area contributed by atoms with Gasteiger partial charge in [-0.2, -0.15) is 5.26 Å². The van der Waals surface area contributed by atoms with Crippen LogP contribution in [-0.2, 0) is 0 Å². The number of halogens is 1. The van der Waals surface area contributed by atoms with Crippen molar-refractivity contribution >= 4 is 17.4 Å². The molecule has 0 saturated heterocycles. The van der Waals surface area contributed by atoms with Crippen molar-refractivity contribution in [2.45, 2.75) is 13.0 Å². The van der Waals surface area contributed by atoms with Crippen molar-refractivity contribution in [1.29, 1.82) is 5.26 Å². The van der Waals surface area contributed by atoms with Crippen LogP contribution >= 0.6 is 11.6 Å². The maximum Gasteiger partial charge on any atom is 0.203 e. The highest BCUT2D eigenvalue weighted by Crippen LogP contribution is 2.17. The number of carbonyl (C=O) groups is 1. The van der Waals surface area contributed by atoms with Crippen molar-refractivity contribution in [2.24, 2.45) is 0 Å². The van der Waals surface area contributed by atoms with Gasteiger partial charge in [-0.25, -0.2) is 0 Å². The Morgan fingerprint density at radius 2 is 2.00 bits per heavy atom. The molecule has 1 unspecified atom stereocenters. The van der Waals surface area contributed by atoms with E-state index in [4.69, 9.17) is 21.6 Å². The normalized spacial score (nSPS) is 11.4. The highest BCUT2D eigenvalue weighted by Gasteiger charge is 2.17. The van der Waals surface area contributed by atoms with Crippen LogP contribution in [0.15, 0.2) is 48.5 Å². The zero-order chi connectivity index (χ0) is 14.5. The van der Waals surface area contributed by atoms with Crippen molar-refractivity contribution in [3.63, 3.8) is 0 Å². The van der Waals surface area contributed by atoms with Crippen LogP contribution in [0.3, 0.4) is 0 Å². The molecule has 0 amide bonds. The van der Waals surface area contributed by atoms with Crippen LogP contribution in [0.2, 0.25) is 5.02 Å². The maximum atomic E-state index is 12.2. The Morgan fingerprint density at radius 1 is 1.25 bits per heavy atom. The molecule has 100 valence electrons. The molecule has 0 N–H and O–H groups in total. The van der Waals surface area contributed by atoms with Gasteiger partial charge in [0.15, 0.2) is 6.10 Å². The highest BCUT2D eigenvalue weighted by atomic mass is 35.5. The molecule has 0 fully saturated rings. The molecule has 0 aliphatic heterocycles. The van der Waals surface area contributed by atoms with E-state index in [9.17, 15) is 4.79 Å². The molecule has 0 bridgehead atoms. The van der Waals surface area contributed by atoms with Crippen molar-refractivity contribution in [2.75, 3.05) is 0 Å². The lowest BCUT2D eigenvalue weighted by Gasteiger charge is -2.14. The SMILES string of the molecule is CC(Oc1cccc(C#N)c1)C(=O)c1cccc(Cl)c1. The molecule has 0 spiro atoms. The number of benzene rings is 2. The first-order valence-corrected chi connectivity index (χ1v) is 6.44. The molecular formula is C16H12ClNO2. The second-order valence-electron chi connectivity index (χ2n) is 4.27. The molecule has 2 aromatic carbocycles. The molecule has 2 aromatic rings. The summed E-state index contributed by atoms with van der Waals surface area (Å²) in [5.41, 5.74) is 0.992. The zero-order valence-corrected chi connectivity index (χ0v) is 11.6. The lowest BCUT2D eigenvalue weighted by Crippen LogP contribution is -2.23. The van der Waals surface area contributed by atoms with Crippen LogP contribution in [0.25, 0.3) is 0 Å². The van der Waals surface area contributed by atoms with E-state index in [0.717, 1.165) is 0 Å². The summed E-state index contributed by atoms with van der Waals surface area (Å²) >= 11 is 5.86. The lowest BCUT2D eigenvalue weighted by molar-refractivity contribution is 0.0818. The monoisotopic (exact) mass is 285 g/mol. The maximum absolute atomic E-state index is 12.2. The van der Waals surface area contributed by atoms with Gasteiger partial charge in [-0.1, -0.05) is 29.8 Å². The molecule has 0 aromatic heterocycles. The van der Waals surface area contributed by atoms with Gasteiger partial charge in [-0.05, 0) is 37.3 Å². The van der Waals surface area contributed by atoms with E-state index < -0.39 is 6.10 Å². The van der Waals surface area contributed by atoms with E-state index >= 15 is 0 Å². The Kier molecular flexibility index (Phi) is 4.39. The number of Topliss-reactive ketones (excluding diaryl/α,β-unsaturated/α-hetero) is 1. The number of ether oxygens (including phenoxy) is 1. The molecule has 0 saturated carbocycles. The van der Waals surface area contributed by atoms with Gasteiger partial charge in [0.2, 0.25) is 5.78 Å². The number of ketones is 1. The van der Waals surface area contributed by atoms with Gasteiger partial charge in [0.1, 0.15) is 5.75 Å². The first-order chi connectivity index (χ1) is 9.60. The van der Waals surface area contributed by atoms with Crippen LogP contribution in [0.5, 0.6) is 5.75 Å². The number of nitriles is 1. The van der Waals surface area contributed by atoms with Crippen LogP contribution in [-0.4, -0.2) is 11.9 Å². The number of carbonyl (C=O) groups excluding carboxylic acids is 1. The third kappa shape index (κ3) is 3.37. The summed E-state index contributed by atoms with van der Waals surface area (Å²) in [6, 6.07) is 15.5. The van der Waals surface area contributed by atoms with Gasteiger partial charge in [0.05, 0.1) is 11.6 Å². The minimum Gasteiger partial charge on any atom is -0.483 e. The second-order valence-corrected chi connectivity index (χ2v) is 4.71. The first-order valence-electron chi connectivity index (χ1n) is 6.07. The second kappa shape index (κ2) is 6.23.